The van der Waals surface area contributed by atoms with Gasteiger partial charge in [-0.25, -0.2) is 19.1 Å². The highest BCUT2D eigenvalue weighted by atomic mass is 19.1. The van der Waals surface area contributed by atoms with Crippen molar-refractivity contribution in [3.63, 3.8) is 0 Å². The highest BCUT2D eigenvalue weighted by molar-refractivity contribution is 6.15. The Kier molecular flexibility index (Phi) is 5.22. The Hall–Kier alpha value is -4.05. The number of nitrogens with zero attached hydrogens (tertiary/aromatic N) is 4. The molecule has 0 N–H and O–H groups in total. The van der Waals surface area contributed by atoms with E-state index in [0.29, 0.717) is 5.56 Å². The number of carbonyl (C=O) groups is 2. The van der Waals surface area contributed by atoms with Crippen LogP contribution >= 0.6 is 0 Å². The first kappa shape index (κ1) is 20.2. The number of benzene rings is 1. The predicted molar refractivity (Wildman–Crippen MR) is 113 cm³/mol. The second kappa shape index (κ2) is 8.00. The maximum atomic E-state index is 14.8. The van der Waals surface area contributed by atoms with E-state index in [-0.39, 0.29) is 12.2 Å². The highest BCUT2D eigenvalue weighted by Crippen LogP contribution is 2.37. The zero-order valence-corrected chi connectivity index (χ0v) is 17.0. The number of amides is 3. The summed E-state index contributed by atoms with van der Waals surface area (Å²) in [4.78, 5) is 36.3. The number of hydrogen-bond donors (Lipinski definition) is 0. The van der Waals surface area contributed by atoms with Gasteiger partial charge in [-0.3, -0.25) is 9.78 Å². The van der Waals surface area contributed by atoms with Crippen molar-refractivity contribution < 1.29 is 14.0 Å². The topological polar surface area (TPSA) is 66.4 Å². The summed E-state index contributed by atoms with van der Waals surface area (Å²) in [7, 11) is 1.58. The van der Waals surface area contributed by atoms with Gasteiger partial charge in [0.05, 0.1) is 12.0 Å². The molecule has 31 heavy (non-hydrogen) atoms. The maximum absolute atomic E-state index is 14.8. The van der Waals surface area contributed by atoms with Gasteiger partial charge in [0, 0.05) is 36.8 Å². The van der Waals surface area contributed by atoms with Crippen LogP contribution in [0.4, 0.5) is 15.0 Å². The normalized spacial score (nSPS) is 18.5. The van der Waals surface area contributed by atoms with E-state index in [2.05, 4.69) is 21.8 Å². The van der Waals surface area contributed by atoms with Crippen molar-refractivity contribution >= 4 is 17.8 Å². The lowest BCUT2D eigenvalue weighted by Crippen LogP contribution is -2.60. The van der Waals surface area contributed by atoms with E-state index >= 15 is 0 Å². The number of imide groups is 1. The maximum Gasteiger partial charge on any atom is 0.333 e. The van der Waals surface area contributed by atoms with Crippen molar-refractivity contribution in [2.75, 3.05) is 11.9 Å². The predicted octanol–water partition coefficient (Wildman–Crippen LogP) is 3.72. The van der Waals surface area contributed by atoms with Gasteiger partial charge in [-0.1, -0.05) is 36.1 Å². The van der Waals surface area contributed by atoms with Gasteiger partial charge in [-0.05, 0) is 36.8 Å². The lowest BCUT2D eigenvalue weighted by Gasteiger charge is -2.45. The number of carbonyl (C=O) groups excluding carboxylic acids is 2. The molecule has 3 amide bonds. The van der Waals surface area contributed by atoms with Crippen molar-refractivity contribution in [3.8, 4) is 11.8 Å². The minimum Gasteiger partial charge on any atom is -0.317 e. The van der Waals surface area contributed by atoms with Crippen molar-refractivity contribution in [1.29, 1.82) is 0 Å². The Morgan fingerprint density at radius 2 is 1.77 bits per heavy atom. The molecule has 1 aliphatic heterocycles. The molecular formula is C24H19FN4O2. The number of rotatable bonds is 2. The van der Waals surface area contributed by atoms with Gasteiger partial charge in [0.1, 0.15) is 0 Å². The van der Waals surface area contributed by atoms with E-state index in [1.807, 2.05) is 30.3 Å². The van der Waals surface area contributed by atoms with Crippen LogP contribution < -0.4 is 4.90 Å². The molecule has 1 atom stereocenters. The molecule has 0 saturated carbocycles. The molecule has 0 unspecified atom stereocenters. The second-order valence-corrected chi connectivity index (χ2v) is 7.41. The van der Waals surface area contributed by atoms with Gasteiger partial charge >= 0.3 is 6.03 Å². The molecule has 4 rings (SSSR count). The second-order valence-electron chi connectivity index (χ2n) is 7.41. The number of aromatic nitrogens is 2. The fourth-order valence-electron chi connectivity index (χ4n) is 3.48. The SMILES string of the molecule is CN1C(=O)N(c2ncc(C#Cc3ccccc3)cc2F)C(=O)C[C@@]1(C)c1cccnc1. The Bertz CT molecular complexity index is 1200. The summed E-state index contributed by atoms with van der Waals surface area (Å²) in [6.45, 7) is 1.78. The minimum atomic E-state index is -0.892. The van der Waals surface area contributed by atoms with E-state index in [1.54, 1.807) is 38.5 Å². The fourth-order valence-corrected chi connectivity index (χ4v) is 3.48. The third-order valence-electron chi connectivity index (χ3n) is 5.41. The van der Waals surface area contributed by atoms with Gasteiger partial charge in [0.15, 0.2) is 11.6 Å². The fraction of sp³-hybridized carbons (Fsp3) is 0.167. The van der Waals surface area contributed by atoms with Crippen LogP contribution in [0.15, 0.2) is 67.1 Å². The van der Waals surface area contributed by atoms with Crippen LogP contribution in [0.25, 0.3) is 0 Å². The Balaban J connectivity index is 1.62. The first-order valence-electron chi connectivity index (χ1n) is 9.64. The van der Waals surface area contributed by atoms with Gasteiger partial charge in [0.2, 0.25) is 5.91 Å². The van der Waals surface area contributed by atoms with Crippen molar-refractivity contribution in [2.45, 2.75) is 18.9 Å². The molecule has 0 bridgehead atoms. The van der Waals surface area contributed by atoms with Crippen LogP contribution in [-0.4, -0.2) is 33.9 Å². The lowest BCUT2D eigenvalue weighted by molar-refractivity contribution is -0.122. The van der Waals surface area contributed by atoms with Crippen molar-refractivity contribution in [1.82, 2.24) is 14.9 Å². The lowest BCUT2D eigenvalue weighted by atomic mass is 9.86. The molecule has 0 radical (unpaired) electrons. The van der Waals surface area contributed by atoms with Gasteiger partial charge in [0.25, 0.3) is 0 Å². The molecule has 1 fully saturated rings. The monoisotopic (exact) mass is 414 g/mol. The summed E-state index contributed by atoms with van der Waals surface area (Å²) in [5.74, 6) is 4.10. The van der Waals surface area contributed by atoms with E-state index in [9.17, 15) is 14.0 Å². The van der Waals surface area contributed by atoms with Crippen LogP contribution in [0.2, 0.25) is 0 Å². The first-order valence-corrected chi connectivity index (χ1v) is 9.64. The standard InChI is InChI=1S/C24H19FN4O2/c1-24(19-9-6-12-26-16-19)14-21(30)29(23(31)28(24)2)22-20(25)13-18(15-27-22)11-10-17-7-4-3-5-8-17/h3-9,12-13,15-16H,14H2,1-2H3/t24-/m0/s1. The van der Waals surface area contributed by atoms with Gasteiger partial charge in [-0.15, -0.1) is 0 Å². The van der Waals surface area contributed by atoms with Crippen LogP contribution in [-0.2, 0) is 10.3 Å². The van der Waals surface area contributed by atoms with Gasteiger partial charge < -0.3 is 4.90 Å². The van der Waals surface area contributed by atoms with E-state index in [4.69, 9.17) is 0 Å². The molecule has 3 aromatic rings. The number of pyridine rings is 2. The van der Waals surface area contributed by atoms with E-state index in [0.717, 1.165) is 16.0 Å². The number of halogens is 1. The average molecular weight is 414 g/mol. The highest BCUT2D eigenvalue weighted by Gasteiger charge is 2.47. The first-order chi connectivity index (χ1) is 14.9. The summed E-state index contributed by atoms with van der Waals surface area (Å²) in [6.07, 6.45) is 4.56. The van der Waals surface area contributed by atoms with Crippen LogP contribution in [0.3, 0.4) is 0 Å². The van der Waals surface area contributed by atoms with Crippen LogP contribution in [0.1, 0.15) is 30.0 Å². The Labute approximate surface area is 179 Å². The molecular weight excluding hydrogens is 395 g/mol. The molecule has 0 aliphatic carbocycles. The average Bonchev–Trinajstić information content (AvgIpc) is 2.79. The Morgan fingerprint density at radius 3 is 2.45 bits per heavy atom. The molecule has 3 heterocycles. The third-order valence-corrected chi connectivity index (χ3v) is 5.41. The molecule has 1 saturated heterocycles. The summed E-state index contributed by atoms with van der Waals surface area (Å²) >= 11 is 0. The van der Waals surface area contributed by atoms with Gasteiger partial charge in [-0.2, -0.15) is 0 Å². The number of urea groups is 1. The summed E-state index contributed by atoms with van der Waals surface area (Å²) in [5.41, 5.74) is 0.954. The number of hydrogen-bond acceptors (Lipinski definition) is 4. The van der Waals surface area contributed by atoms with Crippen molar-refractivity contribution in [3.05, 3.63) is 89.6 Å². The summed E-state index contributed by atoms with van der Waals surface area (Å²) in [5, 5.41) is 0. The summed E-state index contributed by atoms with van der Waals surface area (Å²) < 4.78 is 14.8. The molecule has 154 valence electrons. The van der Waals surface area contributed by atoms with Crippen LogP contribution in [0.5, 0.6) is 0 Å². The third kappa shape index (κ3) is 3.76. The Morgan fingerprint density at radius 1 is 1.03 bits per heavy atom. The molecule has 7 heteroatoms. The molecule has 2 aromatic heterocycles. The number of anilines is 1. The largest absolute Gasteiger partial charge is 0.333 e. The molecule has 0 spiro atoms. The van der Waals surface area contributed by atoms with Crippen LogP contribution in [0, 0.1) is 17.7 Å². The zero-order valence-electron chi connectivity index (χ0n) is 17.0. The van der Waals surface area contributed by atoms with E-state index in [1.165, 1.54) is 17.2 Å². The molecule has 1 aliphatic rings. The summed E-state index contributed by atoms with van der Waals surface area (Å²) in [6, 6.07) is 13.3. The molecule has 6 nitrogen and oxygen atoms in total. The minimum absolute atomic E-state index is 0.0301. The smallest absolute Gasteiger partial charge is 0.317 e. The van der Waals surface area contributed by atoms with Crippen molar-refractivity contribution in [2.24, 2.45) is 0 Å². The molecule has 1 aromatic carbocycles. The zero-order chi connectivity index (χ0) is 22.0. The quantitative estimate of drug-likeness (QED) is 0.600. The van der Waals surface area contributed by atoms with E-state index < -0.39 is 23.3 Å².